The fourth-order valence-electron chi connectivity index (χ4n) is 2.29. The molecule has 2 aromatic carbocycles. The van der Waals surface area contributed by atoms with E-state index >= 15 is 0 Å². The van der Waals surface area contributed by atoms with Gasteiger partial charge in [-0.15, -0.1) is 0 Å². The fraction of sp³-hybridized carbons (Fsp3) is 0. The van der Waals surface area contributed by atoms with E-state index in [1.807, 2.05) is 0 Å². The molecule has 126 valence electrons. The van der Waals surface area contributed by atoms with Crippen LogP contribution in [0.5, 0.6) is 0 Å². The van der Waals surface area contributed by atoms with E-state index in [2.05, 4.69) is 15.6 Å². The molecule has 3 aromatic rings. The van der Waals surface area contributed by atoms with E-state index in [9.17, 15) is 19.7 Å². The first-order valence-corrected chi connectivity index (χ1v) is 7.11. The van der Waals surface area contributed by atoms with Crippen LogP contribution in [0.1, 0.15) is 10.5 Å². The summed E-state index contributed by atoms with van der Waals surface area (Å²) in [5.41, 5.74) is 1.50. The second kappa shape index (κ2) is 6.32. The van der Waals surface area contributed by atoms with Gasteiger partial charge in [0.05, 0.1) is 4.92 Å². The van der Waals surface area contributed by atoms with Crippen LogP contribution in [0.15, 0.2) is 48.5 Å². The van der Waals surface area contributed by atoms with Gasteiger partial charge in [0.2, 0.25) is 0 Å². The number of amides is 2. The van der Waals surface area contributed by atoms with Crippen LogP contribution in [0.2, 0.25) is 0 Å². The predicted molar refractivity (Wildman–Crippen MR) is 91.0 cm³/mol. The molecule has 2 amide bonds. The smallest absolute Gasteiger partial charge is 0.352 e. The number of nitro benzene ring substituents is 1. The van der Waals surface area contributed by atoms with Crippen molar-refractivity contribution in [3.63, 3.8) is 0 Å². The van der Waals surface area contributed by atoms with Gasteiger partial charge < -0.3 is 20.7 Å². The van der Waals surface area contributed by atoms with Crippen molar-refractivity contribution < 1.29 is 19.6 Å². The number of carboxylic acid groups (broad SMARTS) is 1. The number of urea groups is 1. The van der Waals surface area contributed by atoms with Crippen LogP contribution in [0.4, 0.5) is 21.9 Å². The van der Waals surface area contributed by atoms with Gasteiger partial charge in [0.25, 0.3) is 5.69 Å². The van der Waals surface area contributed by atoms with E-state index in [1.165, 1.54) is 30.3 Å². The minimum Gasteiger partial charge on any atom is -0.477 e. The minimum absolute atomic E-state index is 0.0579. The molecule has 0 aliphatic heterocycles. The molecule has 3 rings (SSSR count). The van der Waals surface area contributed by atoms with E-state index in [0.29, 0.717) is 22.3 Å². The maximum atomic E-state index is 12.0. The monoisotopic (exact) mass is 340 g/mol. The third-order valence-electron chi connectivity index (χ3n) is 3.45. The number of benzene rings is 2. The molecule has 0 aliphatic rings. The summed E-state index contributed by atoms with van der Waals surface area (Å²) in [7, 11) is 0. The number of hydrogen-bond acceptors (Lipinski definition) is 4. The van der Waals surface area contributed by atoms with Gasteiger partial charge in [0, 0.05) is 34.4 Å². The maximum Gasteiger partial charge on any atom is 0.352 e. The molecule has 9 heteroatoms. The zero-order valence-electron chi connectivity index (χ0n) is 12.6. The number of hydrogen-bond donors (Lipinski definition) is 4. The number of fused-ring (bicyclic) bond motifs is 1. The largest absolute Gasteiger partial charge is 0.477 e. The summed E-state index contributed by atoms with van der Waals surface area (Å²) in [5, 5.41) is 25.4. The van der Waals surface area contributed by atoms with Gasteiger partial charge in [0.15, 0.2) is 0 Å². The number of rotatable bonds is 4. The lowest BCUT2D eigenvalue weighted by atomic mass is 10.2. The summed E-state index contributed by atoms with van der Waals surface area (Å²) in [4.78, 5) is 35.8. The Bertz CT molecular complexity index is 978. The molecule has 0 spiro atoms. The Labute approximate surface area is 140 Å². The molecule has 0 unspecified atom stereocenters. The molecule has 0 saturated carbocycles. The molecular formula is C16H12N4O5. The number of nitrogens with zero attached hydrogens (tertiary/aromatic N) is 1. The van der Waals surface area contributed by atoms with E-state index in [4.69, 9.17) is 5.11 Å². The normalized spacial score (nSPS) is 10.4. The maximum absolute atomic E-state index is 12.0. The van der Waals surface area contributed by atoms with Gasteiger partial charge in [-0.3, -0.25) is 10.1 Å². The average Bonchev–Trinajstić information content (AvgIpc) is 2.99. The van der Waals surface area contributed by atoms with Crippen molar-refractivity contribution in [3.05, 3.63) is 64.3 Å². The number of aromatic nitrogens is 1. The second-order valence-corrected chi connectivity index (χ2v) is 5.17. The Kier molecular flexibility index (Phi) is 4.04. The van der Waals surface area contributed by atoms with Gasteiger partial charge >= 0.3 is 12.0 Å². The first-order valence-electron chi connectivity index (χ1n) is 7.11. The molecule has 0 fully saturated rings. The number of aromatic carboxylic acids is 1. The molecule has 0 saturated heterocycles. The standard InChI is InChI=1S/C16H12N4O5/c21-15(22)14-8-9-7-11(3-6-13(9)19-14)18-16(23)17-10-1-4-12(5-2-10)20(24)25/h1-8,19H,(H,21,22)(H2,17,18,23). The Morgan fingerprint density at radius 1 is 1.00 bits per heavy atom. The molecule has 0 atom stereocenters. The zero-order valence-corrected chi connectivity index (χ0v) is 12.6. The number of non-ortho nitro benzene ring substituents is 1. The third kappa shape index (κ3) is 3.55. The van der Waals surface area contributed by atoms with Crippen LogP contribution >= 0.6 is 0 Å². The Balaban J connectivity index is 1.70. The Hall–Kier alpha value is -3.88. The summed E-state index contributed by atoms with van der Waals surface area (Å²) in [5.74, 6) is -1.07. The van der Waals surface area contributed by atoms with Crippen molar-refractivity contribution >= 4 is 40.0 Å². The SMILES string of the molecule is O=C(Nc1ccc([N+](=O)[O-])cc1)Nc1ccc2[nH]c(C(=O)O)cc2c1. The first kappa shape index (κ1) is 16.0. The van der Waals surface area contributed by atoms with Crippen molar-refractivity contribution in [2.45, 2.75) is 0 Å². The summed E-state index contributed by atoms with van der Waals surface area (Å²) >= 11 is 0. The van der Waals surface area contributed by atoms with Gasteiger partial charge in [0.1, 0.15) is 5.69 Å². The number of H-pyrrole nitrogens is 1. The number of carbonyl (C=O) groups is 2. The number of nitro groups is 1. The Morgan fingerprint density at radius 3 is 2.28 bits per heavy atom. The van der Waals surface area contributed by atoms with Crippen LogP contribution in [0.25, 0.3) is 10.9 Å². The van der Waals surface area contributed by atoms with Crippen molar-refractivity contribution in [3.8, 4) is 0 Å². The highest BCUT2D eigenvalue weighted by atomic mass is 16.6. The van der Waals surface area contributed by atoms with Crippen LogP contribution in [0.3, 0.4) is 0 Å². The van der Waals surface area contributed by atoms with Crippen molar-refractivity contribution in [1.82, 2.24) is 4.98 Å². The molecular weight excluding hydrogens is 328 g/mol. The summed E-state index contributed by atoms with van der Waals surface area (Å²) in [6, 6.07) is 11.3. The van der Waals surface area contributed by atoms with Crippen molar-refractivity contribution in [2.75, 3.05) is 10.6 Å². The van der Waals surface area contributed by atoms with E-state index < -0.39 is 16.9 Å². The highest BCUT2D eigenvalue weighted by Gasteiger charge is 2.10. The van der Waals surface area contributed by atoms with Crippen molar-refractivity contribution in [2.24, 2.45) is 0 Å². The second-order valence-electron chi connectivity index (χ2n) is 5.17. The van der Waals surface area contributed by atoms with Gasteiger partial charge in [-0.05, 0) is 36.4 Å². The predicted octanol–water partition coefficient (Wildman–Crippen LogP) is 3.42. The van der Waals surface area contributed by atoms with E-state index in [-0.39, 0.29) is 11.4 Å². The molecule has 0 bridgehead atoms. The number of nitrogens with one attached hydrogen (secondary N) is 3. The quantitative estimate of drug-likeness (QED) is 0.426. The molecule has 9 nitrogen and oxygen atoms in total. The van der Waals surface area contributed by atoms with Crippen molar-refractivity contribution in [1.29, 1.82) is 0 Å². The Morgan fingerprint density at radius 2 is 1.64 bits per heavy atom. The lowest BCUT2D eigenvalue weighted by Gasteiger charge is -2.07. The van der Waals surface area contributed by atoms with E-state index in [1.54, 1.807) is 18.2 Å². The lowest BCUT2D eigenvalue weighted by molar-refractivity contribution is -0.384. The first-order chi connectivity index (χ1) is 11.9. The highest BCUT2D eigenvalue weighted by molar-refractivity contribution is 6.01. The number of carboxylic acids is 1. The van der Waals surface area contributed by atoms with Crippen LogP contribution in [0, 0.1) is 10.1 Å². The molecule has 1 heterocycles. The van der Waals surface area contributed by atoms with Crippen LogP contribution < -0.4 is 10.6 Å². The number of aromatic amines is 1. The lowest BCUT2D eigenvalue weighted by Crippen LogP contribution is -2.19. The molecule has 25 heavy (non-hydrogen) atoms. The number of carbonyl (C=O) groups excluding carboxylic acids is 1. The molecule has 0 radical (unpaired) electrons. The van der Waals surface area contributed by atoms with Gasteiger partial charge in [-0.1, -0.05) is 0 Å². The van der Waals surface area contributed by atoms with Gasteiger partial charge in [-0.25, -0.2) is 9.59 Å². The summed E-state index contributed by atoms with van der Waals surface area (Å²) in [6.45, 7) is 0. The highest BCUT2D eigenvalue weighted by Crippen LogP contribution is 2.21. The van der Waals surface area contributed by atoms with Crippen LogP contribution in [-0.2, 0) is 0 Å². The minimum atomic E-state index is -1.07. The topological polar surface area (TPSA) is 137 Å². The van der Waals surface area contributed by atoms with E-state index in [0.717, 1.165) is 0 Å². The average molecular weight is 340 g/mol. The summed E-state index contributed by atoms with van der Waals surface area (Å²) in [6.07, 6.45) is 0. The molecule has 0 aliphatic carbocycles. The molecule has 1 aromatic heterocycles. The van der Waals surface area contributed by atoms with Gasteiger partial charge in [-0.2, -0.15) is 0 Å². The fourth-order valence-corrected chi connectivity index (χ4v) is 2.29. The zero-order chi connectivity index (χ0) is 18.0. The number of anilines is 2. The third-order valence-corrected chi connectivity index (χ3v) is 3.45. The molecule has 4 N–H and O–H groups in total. The van der Waals surface area contributed by atoms with Crippen LogP contribution in [-0.4, -0.2) is 27.0 Å². The summed E-state index contributed by atoms with van der Waals surface area (Å²) < 4.78 is 0.